The molecular weight excluding hydrogens is 479 g/mol. The molecule has 0 heterocycles. The molecule has 0 fully saturated rings. The van der Waals surface area contributed by atoms with E-state index in [4.69, 9.17) is 0 Å². The van der Waals surface area contributed by atoms with Crippen molar-refractivity contribution in [1.82, 2.24) is 0 Å². The molecule has 4 heteroatoms. The van der Waals surface area contributed by atoms with Crippen LogP contribution in [0.3, 0.4) is 0 Å². The van der Waals surface area contributed by atoms with Gasteiger partial charge in [0.05, 0.1) is 0 Å². The fraction of sp³-hybridized carbons (Fsp3) is 0.250. The van der Waals surface area contributed by atoms with Gasteiger partial charge >= 0.3 is 137 Å². The SMILES string of the molecule is Cc1cc([Te][Te]c2cc(C)c(O)c(C)c2)cc(C)c1O. The van der Waals surface area contributed by atoms with Crippen molar-refractivity contribution in [3.05, 3.63) is 46.5 Å². The van der Waals surface area contributed by atoms with Crippen LogP contribution in [0, 0.1) is 27.7 Å². The molecule has 0 aliphatic rings. The Bertz CT molecular complexity index is 547. The normalized spacial score (nSPS) is 10.8. The zero-order valence-electron chi connectivity index (χ0n) is 12.0. The molecule has 2 N–H and O–H groups in total. The van der Waals surface area contributed by atoms with Gasteiger partial charge in [-0.3, -0.25) is 0 Å². The first-order valence-corrected chi connectivity index (χ1v) is 16.0. The van der Waals surface area contributed by atoms with Gasteiger partial charge in [-0.1, -0.05) is 0 Å². The Morgan fingerprint density at radius 2 is 0.850 bits per heavy atom. The summed E-state index contributed by atoms with van der Waals surface area (Å²) in [5.74, 6) is 0.858. The second-order valence-electron chi connectivity index (χ2n) is 4.98. The average molecular weight is 498 g/mol. The van der Waals surface area contributed by atoms with Crippen molar-refractivity contribution in [3.63, 3.8) is 0 Å². The molecule has 106 valence electrons. The molecule has 20 heavy (non-hydrogen) atoms. The molecule has 0 saturated heterocycles. The first-order chi connectivity index (χ1) is 9.38. The summed E-state index contributed by atoms with van der Waals surface area (Å²) in [6, 6.07) is 8.54. The molecule has 0 atom stereocenters. The Morgan fingerprint density at radius 1 is 0.600 bits per heavy atom. The molecule has 0 aliphatic heterocycles. The fourth-order valence-electron chi connectivity index (χ4n) is 2.02. The Kier molecular flexibility index (Phi) is 5.27. The van der Waals surface area contributed by atoms with E-state index in [1.807, 2.05) is 27.7 Å². The Morgan fingerprint density at radius 3 is 1.10 bits per heavy atom. The first-order valence-electron chi connectivity index (χ1n) is 6.33. The van der Waals surface area contributed by atoms with Crippen molar-refractivity contribution in [3.8, 4) is 11.5 Å². The quantitative estimate of drug-likeness (QED) is 0.633. The number of phenols is 2. The minimum absolute atomic E-state index is 0.190. The molecule has 2 aromatic carbocycles. The molecule has 2 rings (SSSR count). The van der Waals surface area contributed by atoms with Crippen LogP contribution in [0.2, 0.25) is 0 Å². The Hall–Kier alpha value is -0.381. The average Bonchev–Trinajstić information content (AvgIpc) is 2.39. The van der Waals surface area contributed by atoms with E-state index in [0.29, 0.717) is 11.5 Å². The molecule has 0 aliphatic carbocycles. The Balaban J connectivity index is 2.17. The summed E-state index contributed by atoms with van der Waals surface area (Å²) in [4.78, 5) is 0. The van der Waals surface area contributed by atoms with Crippen molar-refractivity contribution in [1.29, 1.82) is 0 Å². The third-order valence-corrected chi connectivity index (χ3v) is 14.8. The van der Waals surface area contributed by atoms with Crippen LogP contribution in [0.25, 0.3) is 0 Å². The molecular formula is C16H18O2Te2. The van der Waals surface area contributed by atoms with Gasteiger partial charge in [-0.25, -0.2) is 0 Å². The topological polar surface area (TPSA) is 40.5 Å². The predicted molar refractivity (Wildman–Crippen MR) is 85.9 cm³/mol. The molecule has 0 spiro atoms. The summed E-state index contributed by atoms with van der Waals surface area (Å²) < 4.78 is 2.85. The van der Waals surface area contributed by atoms with Crippen LogP contribution in [0.4, 0.5) is 0 Å². The van der Waals surface area contributed by atoms with Crippen LogP contribution in [0.15, 0.2) is 24.3 Å². The monoisotopic (exact) mass is 502 g/mol. The zero-order valence-corrected chi connectivity index (χ0v) is 16.7. The summed E-state index contributed by atoms with van der Waals surface area (Å²) in [5.41, 5.74) is 3.93. The van der Waals surface area contributed by atoms with E-state index in [9.17, 15) is 10.2 Å². The number of hydrogen-bond acceptors (Lipinski definition) is 2. The first kappa shape index (κ1) is 16.0. The van der Waals surface area contributed by atoms with Gasteiger partial charge in [0, 0.05) is 0 Å². The van der Waals surface area contributed by atoms with Gasteiger partial charge in [0.2, 0.25) is 0 Å². The van der Waals surface area contributed by atoms with Crippen LogP contribution < -0.4 is 7.22 Å². The van der Waals surface area contributed by atoms with Crippen molar-refractivity contribution < 1.29 is 10.2 Å². The van der Waals surface area contributed by atoms with Crippen LogP contribution in [-0.2, 0) is 0 Å². The minimum atomic E-state index is -0.190. The van der Waals surface area contributed by atoms with Gasteiger partial charge in [0.1, 0.15) is 0 Å². The number of benzene rings is 2. The molecule has 0 bridgehead atoms. The molecule has 0 unspecified atom stereocenters. The summed E-state index contributed by atoms with van der Waals surface area (Å²) in [6.07, 6.45) is 0. The van der Waals surface area contributed by atoms with Crippen LogP contribution in [0.1, 0.15) is 22.3 Å². The molecule has 0 aromatic heterocycles. The number of aromatic hydroxyl groups is 2. The van der Waals surface area contributed by atoms with E-state index in [1.54, 1.807) is 0 Å². The molecule has 2 aromatic rings. The van der Waals surface area contributed by atoms with Gasteiger partial charge in [-0.15, -0.1) is 0 Å². The second-order valence-corrected chi connectivity index (χ2v) is 15.0. The maximum atomic E-state index is 9.82. The third kappa shape index (κ3) is 3.63. The number of rotatable bonds is 3. The van der Waals surface area contributed by atoms with Crippen LogP contribution >= 0.6 is 0 Å². The van der Waals surface area contributed by atoms with Gasteiger partial charge < -0.3 is 0 Å². The standard InChI is InChI=1S/C16H18O2Te2/c1-9-5-13(6-10(2)15(9)17)19-20-14-7-11(3)16(18)12(4)8-14/h5-8,17-18H,1-4H3. The molecule has 0 amide bonds. The number of phenolic OH excluding ortho intramolecular Hbond substituents is 2. The summed E-state index contributed by atoms with van der Waals surface area (Å²) in [6.45, 7) is 7.87. The van der Waals surface area contributed by atoms with Gasteiger partial charge in [0.25, 0.3) is 0 Å². The summed E-state index contributed by atoms with van der Waals surface area (Å²) in [5, 5.41) is 19.6. The van der Waals surface area contributed by atoms with Gasteiger partial charge in [-0.05, 0) is 0 Å². The van der Waals surface area contributed by atoms with E-state index in [1.165, 1.54) is 7.22 Å². The van der Waals surface area contributed by atoms with E-state index >= 15 is 0 Å². The number of hydrogen-bond donors (Lipinski definition) is 2. The third-order valence-electron chi connectivity index (χ3n) is 3.16. The van der Waals surface area contributed by atoms with E-state index < -0.39 is 0 Å². The van der Waals surface area contributed by atoms with Crippen LogP contribution in [0.5, 0.6) is 11.5 Å². The molecule has 0 radical (unpaired) electrons. The van der Waals surface area contributed by atoms with Crippen LogP contribution in [-0.4, -0.2) is 44.3 Å². The molecule has 2 nitrogen and oxygen atoms in total. The predicted octanol–water partition coefficient (Wildman–Crippen LogP) is 1.61. The summed E-state index contributed by atoms with van der Waals surface area (Å²) in [7, 11) is 0. The Labute approximate surface area is 136 Å². The summed E-state index contributed by atoms with van der Waals surface area (Å²) >= 11 is -0.379. The van der Waals surface area contributed by atoms with Crippen molar-refractivity contribution in [2.75, 3.05) is 0 Å². The van der Waals surface area contributed by atoms with Gasteiger partial charge in [0.15, 0.2) is 0 Å². The van der Waals surface area contributed by atoms with Crippen molar-refractivity contribution in [2.45, 2.75) is 27.7 Å². The van der Waals surface area contributed by atoms with Crippen molar-refractivity contribution >= 4 is 41.3 Å². The van der Waals surface area contributed by atoms with E-state index in [-0.39, 0.29) is 34.1 Å². The number of aryl methyl sites for hydroxylation is 4. The van der Waals surface area contributed by atoms with Crippen molar-refractivity contribution in [2.24, 2.45) is 0 Å². The fourth-order valence-corrected chi connectivity index (χ4v) is 12.5. The van der Waals surface area contributed by atoms with E-state index in [2.05, 4.69) is 24.3 Å². The van der Waals surface area contributed by atoms with E-state index in [0.717, 1.165) is 22.3 Å². The second kappa shape index (κ2) is 6.59. The zero-order chi connectivity index (χ0) is 14.9. The molecule has 0 saturated carbocycles. The maximum absolute atomic E-state index is 9.82. The van der Waals surface area contributed by atoms with Gasteiger partial charge in [-0.2, -0.15) is 0 Å².